The molecule has 1 unspecified atom stereocenters. The SMILES string of the molecule is CC(C)CNC(=O)C(C)Nc1cc(F)ccc1F. The van der Waals surface area contributed by atoms with Crippen molar-refractivity contribution in [3.63, 3.8) is 0 Å². The van der Waals surface area contributed by atoms with Crippen molar-refractivity contribution in [2.24, 2.45) is 5.92 Å². The van der Waals surface area contributed by atoms with Crippen LogP contribution in [0.4, 0.5) is 14.5 Å². The number of amides is 1. The maximum atomic E-state index is 13.3. The second-order valence-electron chi connectivity index (χ2n) is 4.63. The lowest BCUT2D eigenvalue weighted by Gasteiger charge is -2.16. The van der Waals surface area contributed by atoms with Crippen LogP contribution in [0.15, 0.2) is 18.2 Å². The fourth-order valence-electron chi connectivity index (χ4n) is 1.36. The summed E-state index contributed by atoms with van der Waals surface area (Å²) in [7, 11) is 0. The van der Waals surface area contributed by atoms with E-state index in [1.165, 1.54) is 0 Å². The van der Waals surface area contributed by atoms with Crippen LogP contribution < -0.4 is 10.6 Å². The fourth-order valence-corrected chi connectivity index (χ4v) is 1.36. The third kappa shape index (κ3) is 4.31. The Labute approximate surface area is 106 Å². The molecule has 0 spiro atoms. The number of carbonyl (C=O) groups is 1. The third-order valence-corrected chi connectivity index (χ3v) is 2.38. The lowest BCUT2D eigenvalue weighted by Crippen LogP contribution is -2.39. The molecule has 0 saturated carbocycles. The molecule has 1 atom stereocenters. The molecule has 5 heteroatoms. The van der Waals surface area contributed by atoms with E-state index in [9.17, 15) is 13.6 Å². The van der Waals surface area contributed by atoms with Crippen LogP contribution in [0.3, 0.4) is 0 Å². The van der Waals surface area contributed by atoms with Gasteiger partial charge in [-0.2, -0.15) is 0 Å². The van der Waals surface area contributed by atoms with E-state index < -0.39 is 17.7 Å². The van der Waals surface area contributed by atoms with E-state index >= 15 is 0 Å². The molecule has 0 heterocycles. The Hall–Kier alpha value is -1.65. The summed E-state index contributed by atoms with van der Waals surface area (Å²) in [5, 5.41) is 5.37. The second-order valence-corrected chi connectivity index (χ2v) is 4.63. The van der Waals surface area contributed by atoms with Crippen LogP contribution in [-0.4, -0.2) is 18.5 Å². The lowest BCUT2D eigenvalue weighted by atomic mass is 10.2. The second kappa shape index (κ2) is 6.33. The van der Waals surface area contributed by atoms with Crippen molar-refractivity contribution in [2.75, 3.05) is 11.9 Å². The summed E-state index contributed by atoms with van der Waals surface area (Å²) >= 11 is 0. The molecule has 0 aliphatic rings. The zero-order valence-corrected chi connectivity index (χ0v) is 10.8. The number of halogens is 2. The average Bonchev–Trinajstić information content (AvgIpc) is 2.30. The van der Waals surface area contributed by atoms with Crippen molar-refractivity contribution < 1.29 is 13.6 Å². The first-order valence-electron chi connectivity index (χ1n) is 5.89. The minimum Gasteiger partial charge on any atom is -0.371 e. The highest BCUT2D eigenvalue weighted by Gasteiger charge is 2.14. The zero-order chi connectivity index (χ0) is 13.7. The molecule has 0 radical (unpaired) electrons. The highest BCUT2D eigenvalue weighted by molar-refractivity contribution is 5.84. The Balaban J connectivity index is 2.60. The van der Waals surface area contributed by atoms with Crippen molar-refractivity contribution in [2.45, 2.75) is 26.8 Å². The molecule has 1 rings (SSSR count). The highest BCUT2D eigenvalue weighted by atomic mass is 19.1. The summed E-state index contributed by atoms with van der Waals surface area (Å²) in [5.74, 6) is -1.03. The maximum Gasteiger partial charge on any atom is 0.242 e. The topological polar surface area (TPSA) is 41.1 Å². The van der Waals surface area contributed by atoms with Gasteiger partial charge in [0.15, 0.2) is 0 Å². The Morgan fingerprint density at radius 3 is 2.56 bits per heavy atom. The first-order chi connectivity index (χ1) is 8.40. The first kappa shape index (κ1) is 14.4. The quantitative estimate of drug-likeness (QED) is 0.850. The van der Waals surface area contributed by atoms with Gasteiger partial charge in [-0.1, -0.05) is 13.8 Å². The fraction of sp³-hybridized carbons (Fsp3) is 0.462. The smallest absolute Gasteiger partial charge is 0.242 e. The normalized spacial score (nSPS) is 12.3. The monoisotopic (exact) mass is 256 g/mol. The number of benzene rings is 1. The van der Waals surface area contributed by atoms with Crippen molar-refractivity contribution in [1.82, 2.24) is 5.32 Å². The van der Waals surface area contributed by atoms with Crippen molar-refractivity contribution in [1.29, 1.82) is 0 Å². The largest absolute Gasteiger partial charge is 0.371 e. The Morgan fingerprint density at radius 2 is 1.94 bits per heavy atom. The summed E-state index contributed by atoms with van der Waals surface area (Å²) in [6.45, 7) is 6.10. The molecule has 100 valence electrons. The number of nitrogens with one attached hydrogen (secondary N) is 2. The van der Waals surface area contributed by atoms with Gasteiger partial charge in [0.25, 0.3) is 0 Å². The third-order valence-electron chi connectivity index (χ3n) is 2.38. The molecule has 2 N–H and O–H groups in total. The van der Waals surface area contributed by atoms with Gasteiger partial charge in [0, 0.05) is 6.54 Å². The van der Waals surface area contributed by atoms with Crippen LogP contribution in [0.1, 0.15) is 20.8 Å². The zero-order valence-electron chi connectivity index (χ0n) is 10.8. The molecular formula is C13H18F2N2O. The van der Waals surface area contributed by atoms with Gasteiger partial charge < -0.3 is 10.6 Å². The van der Waals surface area contributed by atoms with Gasteiger partial charge in [0.05, 0.1) is 5.69 Å². The van der Waals surface area contributed by atoms with Gasteiger partial charge >= 0.3 is 0 Å². The van der Waals surface area contributed by atoms with E-state index in [1.807, 2.05) is 13.8 Å². The first-order valence-corrected chi connectivity index (χ1v) is 5.89. The van der Waals surface area contributed by atoms with Crippen molar-refractivity contribution in [3.8, 4) is 0 Å². The van der Waals surface area contributed by atoms with Crippen LogP contribution in [0.25, 0.3) is 0 Å². The van der Waals surface area contributed by atoms with E-state index in [0.717, 1.165) is 18.2 Å². The predicted molar refractivity (Wildman–Crippen MR) is 67.3 cm³/mol. The summed E-state index contributed by atoms with van der Waals surface area (Å²) in [6, 6.07) is 2.46. The van der Waals surface area contributed by atoms with E-state index in [4.69, 9.17) is 0 Å². The Kier molecular flexibility index (Phi) is 5.07. The molecule has 0 aromatic heterocycles. The summed E-state index contributed by atoms with van der Waals surface area (Å²) in [5.41, 5.74) is -0.0119. The van der Waals surface area contributed by atoms with Gasteiger partial charge in [0.2, 0.25) is 5.91 Å². The summed E-state index contributed by atoms with van der Waals surface area (Å²) in [6.07, 6.45) is 0. The number of anilines is 1. The minimum absolute atomic E-state index is 0.0119. The van der Waals surface area contributed by atoms with E-state index in [1.54, 1.807) is 6.92 Å². The van der Waals surface area contributed by atoms with Crippen LogP contribution >= 0.6 is 0 Å². The summed E-state index contributed by atoms with van der Waals surface area (Å²) in [4.78, 5) is 11.7. The lowest BCUT2D eigenvalue weighted by molar-refractivity contribution is -0.121. The van der Waals surface area contributed by atoms with Gasteiger partial charge in [0.1, 0.15) is 17.7 Å². The van der Waals surface area contributed by atoms with Crippen LogP contribution in [0, 0.1) is 17.6 Å². The van der Waals surface area contributed by atoms with E-state index in [0.29, 0.717) is 12.5 Å². The van der Waals surface area contributed by atoms with Crippen LogP contribution in [-0.2, 0) is 4.79 Å². The van der Waals surface area contributed by atoms with Crippen molar-refractivity contribution >= 4 is 11.6 Å². The molecule has 0 saturated heterocycles. The molecule has 1 aromatic carbocycles. The number of hydrogen-bond acceptors (Lipinski definition) is 2. The predicted octanol–water partition coefficient (Wildman–Crippen LogP) is 2.54. The van der Waals surface area contributed by atoms with Gasteiger partial charge in [-0.25, -0.2) is 8.78 Å². The highest BCUT2D eigenvalue weighted by Crippen LogP contribution is 2.16. The molecule has 18 heavy (non-hydrogen) atoms. The van der Waals surface area contributed by atoms with Crippen LogP contribution in [0.2, 0.25) is 0 Å². The molecule has 0 fully saturated rings. The number of carbonyl (C=O) groups excluding carboxylic acids is 1. The number of rotatable bonds is 5. The van der Waals surface area contributed by atoms with Crippen LogP contribution in [0.5, 0.6) is 0 Å². The van der Waals surface area contributed by atoms with Gasteiger partial charge in [-0.15, -0.1) is 0 Å². The Bertz CT molecular complexity index is 421. The molecule has 0 aliphatic carbocycles. The molecule has 0 bridgehead atoms. The van der Waals surface area contributed by atoms with E-state index in [-0.39, 0.29) is 11.6 Å². The standard InChI is InChI=1S/C13H18F2N2O/c1-8(2)7-16-13(18)9(3)17-12-6-10(14)4-5-11(12)15/h4-6,8-9,17H,7H2,1-3H3,(H,16,18). The Morgan fingerprint density at radius 1 is 1.28 bits per heavy atom. The minimum atomic E-state index is -0.625. The molecular weight excluding hydrogens is 238 g/mol. The van der Waals surface area contributed by atoms with Gasteiger partial charge in [-0.05, 0) is 31.0 Å². The summed E-state index contributed by atoms with van der Waals surface area (Å²) < 4.78 is 26.3. The maximum absolute atomic E-state index is 13.3. The number of hydrogen-bond donors (Lipinski definition) is 2. The molecule has 1 amide bonds. The molecule has 0 aliphatic heterocycles. The van der Waals surface area contributed by atoms with E-state index in [2.05, 4.69) is 10.6 Å². The average molecular weight is 256 g/mol. The van der Waals surface area contributed by atoms with Crippen molar-refractivity contribution in [3.05, 3.63) is 29.8 Å². The van der Waals surface area contributed by atoms with Gasteiger partial charge in [-0.3, -0.25) is 4.79 Å². The molecule has 1 aromatic rings. The molecule has 3 nitrogen and oxygen atoms in total.